The van der Waals surface area contributed by atoms with Gasteiger partial charge in [0.1, 0.15) is 0 Å². The summed E-state index contributed by atoms with van der Waals surface area (Å²) in [5.74, 6) is -0.0966. The van der Waals surface area contributed by atoms with Crippen LogP contribution >= 0.6 is 0 Å². The van der Waals surface area contributed by atoms with Crippen LogP contribution in [0.4, 0.5) is 0 Å². The molecule has 0 fully saturated rings. The fourth-order valence-corrected chi connectivity index (χ4v) is 3.07. The molecule has 0 aromatic carbocycles. The number of hydrogen-bond donors (Lipinski definition) is 1. The van der Waals surface area contributed by atoms with Crippen LogP contribution < -0.4 is 5.32 Å². The predicted octanol–water partition coefficient (Wildman–Crippen LogP) is 0.505. The second kappa shape index (κ2) is 9.31. The quantitative estimate of drug-likeness (QED) is 0.597. The Morgan fingerprint density at radius 2 is 1.85 bits per heavy atom. The van der Waals surface area contributed by atoms with Gasteiger partial charge < -0.3 is 10.2 Å². The van der Waals surface area contributed by atoms with Crippen molar-refractivity contribution < 1.29 is 13.2 Å². The van der Waals surface area contributed by atoms with Crippen molar-refractivity contribution in [2.45, 2.75) is 39.2 Å². The Kier molecular flexibility index (Phi) is 9.00. The maximum absolute atomic E-state index is 11.7. The molecule has 0 radical (unpaired) electrons. The Balaban J connectivity index is 4.13. The minimum Gasteiger partial charge on any atom is -0.356 e. The second-order valence-corrected chi connectivity index (χ2v) is 7.32. The van der Waals surface area contributed by atoms with Gasteiger partial charge in [-0.25, -0.2) is 8.42 Å². The average Bonchev–Trinajstić information content (AvgIpc) is 2.32. The third-order valence-electron chi connectivity index (χ3n) is 3.17. The molecule has 1 unspecified atom stereocenters. The van der Waals surface area contributed by atoms with Crippen LogP contribution in [0.5, 0.6) is 0 Å². The van der Waals surface area contributed by atoms with Crippen LogP contribution in [0.3, 0.4) is 0 Å². The Morgan fingerprint density at radius 3 is 2.30 bits per heavy atom. The Morgan fingerprint density at radius 1 is 1.25 bits per heavy atom. The Labute approximate surface area is 123 Å². The number of sulfonamides is 1. The van der Waals surface area contributed by atoms with E-state index in [1.54, 1.807) is 0 Å². The SMILES string of the molecule is CCC(C)N(CCC(=O)NCCCN(C)C)S(C)(=O)=O. The molecule has 0 saturated carbocycles. The molecule has 0 aromatic rings. The molecule has 0 rings (SSSR count). The average molecular weight is 307 g/mol. The molecule has 0 bridgehead atoms. The third-order valence-corrected chi connectivity index (χ3v) is 4.57. The molecule has 120 valence electrons. The number of carbonyl (C=O) groups is 1. The van der Waals surface area contributed by atoms with E-state index in [1.807, 2.05) is 27.9 Å². The van der Waals surface area contributed by atoms with Gasteiger partial charge in [-0.3, -0.25) is 4.79 Å². The lowest BCUT2D eigenvalue weighted by Crippen LogP contribution is -2.40. The monoisotopic (exact) mass is 307 g/mol. The molecule has 7 heteroatoms. The van der Waals surface area contributed by atoms with Gasteiger partial charge in [-0.1, -0.05) is 6.92 Å². The van der Waals surface area contributed by atoms with Crippen molar-refractivity contribution in [1.82, 2.24) is 14.5 Å². The molecular weight excluding hydrogens is 278 g/mol. The van der Waals surface area contributed by atoms with Gasteiger partial charge in [0, 0.05) is 25.6 Å². The van der Waals surface area contributed by atoms with E-state index in [2.05, 4.69) is 10.2 Å². The smallest absolute Gasteiger partial charge is 0.221 e. The highest BCUT2D eigenvalue weighted by atomic mass is 32.2. The van der Waals surface area contributed by atoms with E-state index < -0.39 is 10.0 Å². The summed E-state index contributed by atoms with van der Waals surface area (Å²) in [7, 11) is 0.706. The summed E-state index contributed by atoms with van der Waals surface area (Å²) in [5, 5.41) is 2.81. The molecule has 0 aliphatic heterocycles. The van der Waals surface area contributed by atoms with Crippen molar-refractivity contribution in [2.75, 3.05) is 40.0 Å². The first-order chi connectivity index (χ1) is 9.18. The first-order valence-electron chi connectivity index (χ1n) is 7.06. The Bertz CT molecular complexity index is 382. The van der Waals surface area contributed by atoms with Crippen LogP contribution in [0.2, 0.25) is 0 Å². The highest BCUT2D eigenvalue weighted by molar-refractivity contribution is 7.88. The molecule has 1 atom stereocenters. The molecule has 0 aliphatic rings. The third kappa shape index (κ3) is 8.50. The number of carbonyl (C=O) groups excluding carboxylic acids is 1. The summed E-state index contributed by atoms with van der Waals surface area (Å²) >= 11 is 0. The minimum absolute atomic E-state index is 0.0773. The van der Waals surface area contributed by atoms with Gasteiger partial charge >= 0.3 is 0 Å². The molecule has 0 aliphatic carbocycles. The minimum atomic E-state index is -3.26. The van der Waals surface area contributed by atoms with Crippen molar-refractivity contribution in [3.8, 4) is 0 Å². The molecule has 0 spiro atoms. The highest BCUT2D eigenvalue weighted by Gasteiger charge is 2.22. The van der Waals surface area contributed by atoms with E-state index in [1.165, 1.54) is 10.6 Å². The summed E-state index contributed by atoms with van der Waals surface area (Å²) in [6, 6.07) is -0.0773. The van der Waals surface area contributed by atoms with E-state index in [0.717, 1.165) is 19.4 Å². The zero-order valence-electron chi connectivity index (χ0n) is 13.3. The molecule has 0 aromatic heterocycles. The molecule has 0 saturated heterocycles. The number of amides is 1. The topological polar surface area (TPSA) is 69.7 Å². The zero-order valence-corrected chi connectivity index (χ0v) is 14.2. The maximum Gasteiger partial charge on any atom is 0.221 e. The first kappa shape index (κ1) is 19.3. The largest absolute Gasteiger partial charge is 0.356 e. The van der Waals surface area contributed by atoms with Crippen molar-refractivity contribution >= 4 is 15.9 Å². The number of rotatable bonds is 10. The number of hydrogen-bond acceptors (Lipinski definition) is 4. The lowest BCUT2D eigenvalue weighted by molar-refractivity contribution is -0.121. The molecule has 1 N–H and O–H groups in total. The second-order valence-electron chi connectivity index (χ2n) is 5.39. The van der Waals surface area contributed by atoms with Gasteiger partial charge in [-0.05, 0) is 40.4 Å². The van der Waals surface area contributed by atoms with E-state index in [0.29, 0.717) is 6.54 Å². The lowest BCUT2D eigenvalue weighted by Gasteiger charge is -2.25. The van der Waals surface area contributed by atoms with Crippen molar-refractivity contribution in [3.63, 3.8) is 0 Å². The molecular formula is C13H29N3O3S. The zero-order chi connectivity index (χ0) is 15.8. The van der Waals surface area contributed by atoms with Crippen molar-refractivity contribution in [2.24, 2.45) is 0 Å². The summed E-state index contributed by atoms with van der Waals surface area (Å²) in [6.45, 7) is 5.58. The normalized spacial score (nSPS) is 13.8. The van der Waals surface area contributed by atoms with Crippen LogP contribution in [-0.2, 0) is 14.8 Å². The van der Waals surface area contributed by atoms with E-state index in [9.17, 15) is 13.2 Å². The van der Waals surface area contributed by atoms with Crippen LogP contribution in [-0.4, -0.2) is 69.6 Å². The van der Waals surface area contributed by atoms with E-state index in [4.69, 9.17) is 0 Å². The standard InChI is InChI=1S/C13H29N3O3S/c1-6-12(2)16(20(5,18)19)11-8-13(17)14-9-7-10-15(3)4/h12H,6-11H2,1-5H3,(H,14,17). The van der Waals surface area contributed by atoms with Crippen molar-refractivity contribution in [1.29, 1.82) is 0 Å². The van der Waals surface area contributed by atoms with E-state index in [-0.39, 0.29) is 24.9 Å². The van der Waals surface area contributed by atoms with E-state index >= 15 is 0 Å². The van der Waals surface area contributed by atoms with Crippen LogP contribution in [0.15, 0.2) is 0 Å². The van der Waals surface area contributed by atoms with Crippen LogP contribution in [0, 0.1) is 0 Å². The van der Waals surface area contributed by atoms with Gasteiger partial charge in [0.15, 0.2) is 0 Å². The van der Waals surface area contributed by atoms with Gasteiger partial charge in [0.2, 0.25) is 15.9 Å². The first-order valence-corrected chi connectivity index (χ1v) is 8.91. The Hall–Kier alpha value is -0.660. The summed E-state index contributed by atoms with van der Waals surface area (Å²) in [6.07, 6.45) is 3.02. The fourth-order valence-electron chi connectivity index (χ4n) is 1.84. The van der Waals surface area contributed by atoms with Gasteiger partial charge in [-0.15, -0.1) is 0 Å². The fraction of sp³-hybridized carbons (Fsp3) is 0.923. The van der Waals surface area contributed by atoms with Gasteiger partial charge in [-0.2, -0.15) is 4.31 Å². The summed E-state index contributed by atoms with van der Waals surface area (Å²) in [5.41, 5.74) is 0. The van der Waals surface area contributed by atoms with Crippen molar-refractivity contribution in [3.05, 3.63) is 0 Å². The van der Waals surface area contributed by atoms with Crippen LogP contribution in [0.25, 0.3) is 0 Å². The lowest BCUT2D eigenvalue weighted by atomic mass is 10.2. The number of nitrogens with zero attached hydrogens (tertiary/aromatic N) is 2. The molecule has 1 amide bonds. The highest BCUT2D eigenvalue weighted by Crippen LogP contribution is 2.09. The number of nitrogens with one attached hydrogen (secondary N) is 1. The van der Waals surface area contributed by atoms with Crippen LogP contribution in [0.1, 0.15) is 33.1 Å². The molecule has 0 heterocycles. The maximum atomic E-state index is 11.7. The predicted molar refractivity (Wildman–Crippen MR) is 82.1 cm³/mol. The molecule has 20 heavy (non-hydrogen) atoms. The van der Waals surface area contributed by atoms with Gasteiger partial charge in [0.25, 0.3) is 0 Å². The van der Waals surface area contributed by atoms with Gasteiger partial charge in [0.05, 0.1) is 6.26 Å². The summed E-state index contributed by atoms with van der Waals surface area (Å²) in [4.78, 5) is 13.7. The molecule has 6 nitrogen and oxygen atoms in total. The summed E-state index contributed by atoms with van der Waals surface area (Å²) < 4.78 is 24.7.